The molecule has 0 aliphatic carbocycles. The van der Waals surface area contributed by atoms with Crippen molar-refractivity contribution in [2.24, 2.45) is 0 Å². The first-order chi connectivity index (χ1) is 9.65. The standard InChI is InChI=1S/C15H8Cl2FNO/c16-9-4-5-14(12(18)8-9)20-13-6-7-19-15-10(13)2-1-3-11(15)17/h1-8H. The van der Waals surface area contributed by atoms with Crippen molar-refractivity contribution in [1.29, 1.82) is 0 Å². The highest BCUT2D eigenvalue weighted by atomic mass is 35.5. The van der Waals surface area contributed by atoms with Crippen LogP contribution in [0.5, 0.6) is 11.5 Å². The molecule has 0 bridgehead atoms. The smallest absolute Gasteiger partial charge is 0.167 e. The minimum absolute atomic E-state index is 0.0990. The molecule has 0 aliphatic heterocycles. The molecule has 0 N–H and O–H groups in total. The van der Waals surface area contributed by atoms with E-state index in [1.165, 1.54) is 12.1 Å². The molecule has 0 spiro atoms. The number of pyridine rings is 1. The van der Waals surface area contributed by atoms with Crippen molar-refractivity contribution in [3.8, 4) is 11.5 Å². The first-order valence-corrected chi connectivity index (χ1v) is 6.57. The zero-order chi connectivity index (χ0) is 14.1. The van der Waals surface area contributed by atoms with Crippen LogP contribution >= 0.6 is 23.2 Å². The van der Waals surface area contributed by atoms with Gasteiger partial charge in [0.1, 0.15) is 5.75 Å². The Morgan fingerprint density at radius 1 is 1.00 bits per heavy atom. The Hall–Kier alpha value is -1.84. The molecule has 0 fully saturated rings. The molecule has 2 aromatic carbocycles. The number of halogens is 3. The van der Waals surface area contributed by atoms with Crippen LogP contribution in [0, 0.1) is 5.82 Å². The Morgan fingerprint density at radius 2 is 1.85 bits per heavy atom. The molecule has 0 amide bonds. The van der Waals surface area contributed by atoms with E-state index in [-0.39, 0.29) is 5.75 Å². The molecule has 0 saturated heterocycles. The minimum atomic E-state index is -0.524. The van der Waals surface area contributed by atoms with E-state index in [4.69, 9.17) is 27.9 Å². The van der Waals surface area contributed by atoms with Crippen LogP contribution in [0.25, 0.3) is 10.9 Å². The van der Waals surface area contributed by atoms with Gasteiger partial charge in [-0.3, -0.25) is 4.98 Å². The van der Waals surface area contributed by atoms with Gasteiger partial charge in [0.05, 0.1) is 10.5 Å². The van der Waals surface area contributed by atoms with Gasteiger partial charge < -0.3 is 4.74 Å². The summed E-state index contributed by atoms with van der Waals surface area (Å²) in [6.07, 6.45) is 1.57. The number of aromatic nitrogens is 1. The molecule has 0 saturated carbocycles. The van der Waals surface area contributed by atoms with Gasteiger partial charge >= 0.3 is 0 Å². The highest BCUT2D eigenvalue weighted by molar-refractivity contribution is 6.35. The van der Waals surface area contributed by atoms with E-state index in [9.17, 15) is 4.39 Å². The van der Waals surface area contributed by atoms with E-state index < -0.39 is 5.82 Å². The average molecular weight is 308 g/mol. The second-order valence-corrected chi connectivity index (χ2v) is 4.97. The Labute approximate surface area is 124 Å². The van der Waals surface area contributed by atoms with Crippen molar-refractivity contribution >= 4 is 34.1 Å². The summed E-state index contributed by atoms with van der Waals surface area (Å²) in [7, 11) is 0. The van der Waals surface area contributed by atoms with E-state index in [1.807, 2.05) is 6.07 Å². The fraction of sp³-hybridized carbons (Fsp3) is 0. The maximum absolute atomic E-state index is 13.8. The van der Waals surface area contributed by atoms with Gasteiger partial charge in [-0.15, -0.1) is 0 Å². The molecule has 1 heterocycles. The minimum Gasteiger partial charge on any atom is -0.454 e. The maximum Gasteiger partial charge on any atom is 0.167 e. The summed E-state index contributed by atoms with van der Waals surface area (Å²) in [6.45, 7) is 0. The third-order valence-electron chi connectivity index (χ3n) is 2.80. The zero-order valence-electron chi connectivity index (χ0n) is 10.1. The third-order valence-corrected chi connectivity index (χ3v) is 3.34. The topological polar surface area (TPSA) is 22.1 Å². The van der Waals surface area contributed by atoms with E-state index in [0.29, 0.717) is 26.7 Å². The summed E-state index contributed by atoms with van der Waals surface area (Å²) >= 11 is 11.8. The van der Waals surface area contributed by atoms with Crippen LogP contribution in [0.4, 0.5) is 4.39 Å². The Morgan fingerprint density at radius 3 is 2.65 bits per heavy atom. The lowest BCUT2D eigenvalue weighted by molar-refractivity contribution is 0.446. The van der Waals surface area contributed by atoms with Crippen LogP contribution in [0.3, 0.4) is 0 Å². The van der Waals surface area contributed by atoms with E-state index in [1.54, 1.807) is 30.5 Å². The number of ether oxygens (including phenoxy) is 1. The molecular formula is C15H8Cl2FNO. The van der Waals surface area contributed by atoms with Gasteiger partial charge in [0.25, 0.3) is 0 Å². The Kier molecular flexibility index (Phi) is 3.47. The van der Waals surface area contributed by atoms with Crippen LogP contribution in [0.15, 0.2) is 48.7 Å². The molecule has 3 rings (SSSR count). The zero-order valence-corrected chi connectivity index (χ0v) is 11.6. The van der Waals surface area contributed by atoms with Crippen molar-refractivity contribution in [1.82, 2.24) is 4.98 Å². The first kappa shape index (κ1) is 13.2. The number of fused-ring (bicyclic) bond motifs is 1. The second kappa shape index (κ2) is 5.27. The molecule has 1 aromatic heterocycles. The third kappa shape index (κ3) is 2.42. The molecular weight excluding hydrogens is 300 g/mol. The predicted molar refractivity (Wildman–Crippen MR) is 78.2 cm³/mol. The average Bonchev–Trinajstić information content (AvgIpc) is 2.43. The monoisotopic (exact) mass is 307 g/mol. The van der Waals surface area contributed by atoms with Crippen LogP contribution in [-0.2, 0) is 0 Å². The number of hydrogen-bond acceptors (Lipinski definition) is 2. The fourth-order valence-corrected chi connectivity index (χ4v) is 2.26. The lowest BCUT2D eigenvalue weighted by atomic mass is 10.2. The second-order valence-electron chi connectivity index (χ2n) is 4.12. The van der Waals surface area contributed by atoms with Crippen LogP contribution in [-0.4, -0.2) is 4.98 Å². The number of hydrogen-bond donors (Lipinski definition) is 0. The van der Waals surface area contributed by atoms with Crippen molar-refractivity contribution in [2.45, 2.75) is 0 Å². The number of rotatable bonds is 2. The van der Waals surface area contributed by atoms with Crippen molar-refractivity contribution in [3.05, 3.63) is 64.5 Å². The van der Waals surface area contributed by atoms with Crippen molar-refractivity contribution < 1.29 is 9.13 Å². The Bertz CT molecular complexity index is 792. The quantitative estimate of drug-likeness (QED) is 0.626. The van der Waals surface area contributed by atoms with Crippen LogP contribution < -0.4 is 4.74 Å². The fourth-order valence-electron chi connectivity index (χ4n) is 1.88. The molecule has 0 aliphatic rings. The summed E-state index contributed by atoms with van der Waals surface area (Å²) in [4.78, 5) is 4.19. The summed E-state index contributed by atoms with van der Waals surface area (Å²) < 4.78 is 19.4. The van der Waals surface area contributed by atoms with E-state index in [2.05, 4.69) is 4.98 Å². The van der Waals surface area contributed by atoms with Crippen molar-refractivity contribution in [2.75, 3.05) is 0 Å². The van der Waals surface area contributed by atoms with Gasteiger partial charge in [0.15, 0.2) is 11.6 Å². The first-order valence-electron chi connectivity index (χ1n) is 5.81. The highest BCUT2D eigenvalue weighted by Crippen LogP contribution is 2.33. The van der Waals surface area contributed by atoms with Gasteiger partial charge in [0, 0.05) is 16.6 Å². The number of para-hydroxylation sites is 1. The summed E-state index contributed by atoms with van der Waals surface area (Å²) in [6, 6.07) is 11.3. The molecule has 0 atom stereocenters. The summed E-state index contributed by atoms with van der Waals surface area (Å²) in [5.74, 6) is 0.0603. The van der Waals surface area contributed by atoms with Gasteiger partial charge in [-0.1, -0.05) is 29.3 Å². The molecule has 3 aromatic rings. The highest BCUT2D eigenvalue weighted by Gasteiger charge is 2.10. The normalized spacial score (nSPS) is 10.8. The van der Waals surface area contributed by atoms with E-state index in [0.717, 1.165) is 0 Å². The number of nitrogens with zero attached hydrogens (tertiary/aromatic N) is 1. The lowest BCUT2D eigenvalue weighted by Gasteiger charge is -2.10. The van der Waals surface area contributed by atoms with E-state index >= 15 is 0 Å². The molecule has 0 radical (unpaired) electrons. The number of benzene rings is 2. The molecule has 2 nitrogen and oxygen atoms in total. The molecule has 100 valence electrons. The van der Waals surface area contributed by atoms with Crippen LogP contribution in [0.1, 0.15) is 0 Å². The van der Waals surface area contributed by atoms with Crippen LogP contribution in [0.2, 0.25) is 10.0 Å². The van der Waals surface area contributed by atoms with Gasteiger partial charge in [0.2, 0.25) is 0 Å². The van der Waals surface area contributed by atoms with Gasteiger partial charge in [-0.05, 0) is 36.4 Å². The molecule has 5 heteroatoms. The predicted octanol–water partition coefficient (Wildman–Crippen LogP) is 5.47. The van der Waals surface area contributed by atoms with Crippen molar-refractivity contribution in [3.63, 3.8) is 0 Å². The largest absolute Gasteiger partial charge is 0.454 e. The lowest BCUT2D eigenvalue weighted by Crippen LogP contribution is -1.90. The SMILES string of the molecule is Fc1cc(Cl)ccc1Oc1ccnc2c(Cl)cccc12. The molecule has 0 unspecified atom stereocenters. The van der Waals surface area contributed by atoms with Gasteiger partial charge in [-0.2, -0.15) is 0 Å². The molecule has 20 heavy (non-hydrogen) atoms. The van der Waals surface area contributed by atoms with Gasteiger partial charge in [-0.25, -0.2) is 4.39 Å². The Balaban J connectivity index is 2.09. The summed E-state index contributed by atoms with van der Waals surface area (Å²) in [5, 5.41) is 1.55. The maximum atomic E-state index is 13.8. The summed E-state index contributed by atoms with van der Waals surface area (Å²) in [5.41, 5.74) is 0.612.